The number of carbonyl (C=O) groups excluding carboxylic acids is 2. The zero-order valence-electron chi connectivity index (χ0n) is 11.1. The molecule has 0 aromatic carbocycles. The second-order valence-electron chi connectivity index (χ2n) is 4.07. The minimum atomic E-state index is -0.340. The van der Waals surface area contributed by atoms with Crippen molar-refractivity contribution in [2.24, 2.45) is 0 Å². The van der Waals surface area contributed by atoms with Crippen LogP contribution < -0.4 is 0 Å². The van der Waals surface area contributed by atoms with Crippen LogP contribution in [0.25, 0.3) is 0 Å². The summed E-state index contributed by atoms with van der Waals surface area (Å²) in [6.07, 6.45) is 0.281. The molecule has 1 aromatic rings. The number of rotatable bonds is 6. The Labute approximate surface area is 107 Å². The number of esters is 1. The van der Waals surface area contributed by atoms with E-state index in [9.17, 15) is 9.59 Å². The third kappa shape index (κ3) is 4.61. The molecule has 5 heteroatoms. The second kappa shape index (κ2) is 6.83. The summed E-state index contributed by atoms with van der Waals surface area (Å²) in [5, 5.41) is 0. The van der Waals surface area contributed by atoms with Gasteiger partial charge in [-0.1, -0.05) is 0 Å². The Hall–Kier alpha value is -1.78. The number of carbonyl (C=O) groups is 2. The maximum Gasteiger partial charge on any atom is 0.306 e. The fourth-order valence-electron chi connectivity index (χ4n) is 1.53. The zero-order valence-corrected chi connectivity index (χ0v) is 11.1. The highest BCUT2D eigenvalue weighted by molar-refractivity contribution is 5.81. The van der Waals surface area contributed by atoms with Gasteiger partial charge in [-0.05, 0) is 26.0 Å². The average Bonchev–Trinajstić information content (AvgIpc) is 2.72. The molecule has 0 N–H and O–H groups in total. The summed E-state index contributed by atoms with van der Waals surface area (Å²) in [5.41, 5.74) is 0. The van der Waals surface area contributed by atoms with Gasteiger partial charge in [0.15, 0.2) is 0 Å². The summed E-state index contributed by atoms with van der Waals surface area (Å²) in [6.45, 7) is 4.35. The van der Waals surface area contributed by atoms with Crippen molar-refractivity contribution in [3.8, 4) is 0 Å². The Morgan fingerprint density at radius 2 is 2.06 bits per heavy atom. The molecule has 0 fully saturated rings. The summed E-state index contributed by atoms with van der Waals surface area (Å²) in [7, 11) is 1.69. The molecule has 1 aromatic heterocycles. The molecule has 0 aliphatic rings. The molecule has 1 amide bonds. The summed E-state index contributed by atoms with van der Waals surface area (Å²) < 4.78 is 10.1. The van der Waals surface area contributed by atoms with Gasteiger partial charge in [0.2, 0.25) is 5.91 Å². The van der Waals surface area contributed by atoms with Gasteiger partial charge in [0.1, 0.15) is 11.5 Å². The molecule has 0 saturated heterocycles. The van der Waals surface area contributed by atoms with E-state index in [4.69, 9.17) is 9.15 Å². The molecule has 1 heterocycles. The van der Waals surface area contributed by atoms with E-state index >= 15 is 0 Å². The summed E-state index contributed by atoms with van der Waals surface area (Å²) in [6, 6.07) is 3.69. The van der Waals surface area contributed by atoms with Gasteiger partial charge < -0.3 is 14.1 Å². The number of furan rings is 1. The summed E-state index contributed by atoms with van der Waals surface area (Å²) >= 11 is 0. The van der Waals surface area contributed by atoms with Crippen LogP contribution >= 0.6 is 0 Å². The van der Waals surface area contributed by atoms with E-state index in [0.29, 0.717) is 13.2 Å². The maximum atomic E-state index is 11.7. The van der Waals surface area contributed by atoms with Crippen molar-refractivity contribution in [1.82, 2.24) is 4.90 Å². The smallest absolute Gasteiger partial charge is 0.306 e. The van der Waals surface area contributed by atoms with Crippen LogP contribution in [0.5, 0.6) is 0 Å². The molecule has 0 unspecified atom stereocenters. The highest BCUT2D eigenvalue weighted by atomic mass is 16.5. The average molecular weight is 253 g/mol. The zero-order chi connectivity index (χ0) is 13.5. The highest BCUT2D eigenvalue weighted by Crippen LogP contribution is 2.09. The Bertz CT molecular complexity index is 411. The lowest BCUT2D eigenvalue weighted by atomic mass is 10.2. The van der Waals surface area contributed by atoms with E-state index in [0.717, 1.165) is 11.5 Å². The van der Waals surface area contributed by atoms with Gasteiger partial charge >= 0.3 is 5.97 Å². The predicted octanol–water partition coefficient (Wildman–Crippen LogP) is 1.89. The summed E-state index contributed by atoms with van der Waals surface area (Å²) in [5.74, 6) is 1.11. The molecule has 0 atom stereocenters. The molecule has 0 spiro atoms. The number of nitrogens with zero attached hydrogens (tertiary/aromatic N) is 1. The van der Waals surface area contributed by atoms with Gasteiger partial charge in [0.05, 0.1) is 19.6 Å². The lowest BCUT2D eigenvalue weighted by Gasteiger charge is -2.15. The van der Waals surface area contributed by atoms with Crippen LogP contribution in [-0.4, -0.2) is 30.4 Å². The van der Waals surface area contributed by atoms with Crippen molar-refractivity contribution in [1.29, 1.82) is 0 Å². The Balaban J connectivity index is 2.35. The van der Waals surface area contributed by atoms with Crippen molar-refractivity contribution >= 4 is 11.9 Å². The molecule has 0 aliphatic carbocycles. The van der Waals surface area contributed by atoms with Crippen molar-refractivity contribution in [2.75, 3.05) is 13.7 Å². The van der Waals surface area contributed by atoms with Gasteiger partial charge in [0.25, 0.3) is 0 Å². The first-order valence-electron chi connectivity index (χ1n) is 5.97. The molecular formula is C13H19NO4. The fraction of sp³-hybridized carbons (Fsp3) is 0.538. The SMILES string of the molecule is CCOC(=O)CCC(=O)N(C)Cc1ccc(C)o1. The quantitative estimate of drug-likeness (QED) is 0.726. The highest BCUT2D eigenvalue weighted by Gasteiger charge is 2.13. The molecule has 0 bridgehead atoms. The molecule has 5 nitrogen and oxygen atoms in total. The molecule has 0 aliphatic heterocycles. The maximum absolute atomic E-state index is 11.7. The number of hydrogen-bond donors (Lipinski definition) is 0. The number of aryl methyl sites for hydroxylation is 1. The second-order valence-corrected chi connectivity index (χ2v) is 4.07. The molecule has 18 heavy (non-hydrogen) atoms. The topological polar surface area (TPSA) is 59.8 Å². The minimum Gasteiger partial charge on any atom is -0.466 e. The van der Waals surface area contributed by atoms with E-state index in [1.165, 1.54) is 4.90 Å². The van der Waals surface area contributed by atoms with Crippen molar-refractivity contribution < 1.29 is 18.7 Å². The lowest BCUT2D eigenvalue weighted by Crippen LogP contribution is -2.26. The van der Waals surface area contributed by atoms with Gasteiger partial charge in [-0.3, -0.25) is 9.59 Å². The number of ether oxygens (including phenoxy) is 1. The number of hydrogen-bond acceptors (Lipinski definition) is 4. The Kier molecular flexibility index (Phi) is 5.42. The van der Waals surface area contributed by atoms with Crippen LogP contribution in [0, 0.1) is 6.92 Å². The fourth-order valence-corrected chi connectivity index (χ4v) is 1.53. The predicted molar refractivity (Wildman–Crippen MR) is 65.8 cm³/mol. The third-order valence-corrected chi connectivity index (χ3v) is 2.46. The molecule has 100 valence electrons. The minimum absolute atomic E-state index is 0.0999. The van der Waals surface area contributed by atoms with Crippen LogP contribution in [0.1, 0.15) is 31.3 Å². The van der Waals surface area contributed by atoms with Gasteiger partial charge in [-0.25, -0.2) is 0 Å². The molecular weight excluding hydrogens is 234 g/mol. The van der Waals surface area contributed by atoms with Crippen LogP contribution in [0.4, 0.5) is 0 Å². The van der Waals surface area contributed by atoms with Crippen molar-refractivity contribution in [3.05, 3.63) is 23.7 Å². The van der Waals surface area contributed by atoms with Gasteiger partial charge in [-0.15, -0.1) is 0 Å². The largest absolute Gasteiger partial charge is 0.466 e. The lowest BCUT2D eigenvalue weighted by molar-refractivity contribution is -0.145. The standard InChI is InChI=1S/C13H19NO4/c1-4-17-13(16)8-7-12(15)14(3)9-11-6-5-10(2)18-11/h5-6H,4,7-9H2,1-3H3. The van der Waals surface area contributed by atoms with E-state index in [2.05, 4.69) is 0 Å². The van der Waals surface area contributed by atoms with Gasteiger partial charge in [0, 0.05) is 13.5 Å². The van der Waals surface area contributed by atoms with E-state index in [1.54, 1.807) is 14.0 Å². The normalized spacial score (nSPS) is 10.2. The first kappa shape index (κ1) is 14.3. The first-order valence-corrected chi connectivity index (χ1v) is 5.97. The van der Waals surface area contributed by atoms with E-state index < -0.39 is 0 Å². The molecule has 0 radical (unpaired) electrons. The van der Waals surface area contributed by atoms with Crippen LogP contribution in [-0.2, 0) is 20.9 Å². The van der Waals surface area contributed by atoms with E-state index in [1.807, 2.05) is 19.1 Å². The van der Waals surface area contributed by atoms with Crippen molar-refractivity contribution in [3.63, 3.8) is 0 Å². The molecule has 1 rings (SSSR count). The van der Waals surface area contributed by atoms with Gasteiger partial charge in [-0.2, -0.15) is 0 Å². The Morgan fingerprint density at radius 3 is 2.61 bits per heavy atom. The monoisotopic (exact) mass is 253 g/mol. The Morgan fingerprint density at radius 1 is 1.33 bits per heavy atom. The van der Waals surface area contributed by atoms with Crippen LogP contribution in [0.2, 0.25) is 0 Å². The third-order valence-electron chi connectivity index (χ3n) is 2.46. The number of amides is 1. The first-order chi connectivity index (χ1) is 8.52. The van der Waals surface area contributed by atoms with E-state index in [-0.39, 0.29) is 24.7 Å². The summed E-state index contributed by atoms with van der Waals surface area (Å²) in [4.78, 5) is 24.4. The van der Waals surface area contributed by atoms with Crippen molar-refractivity contribution in [2.45, 2.75) is 33.2 Å². The van der Waals surface area contributed by atoms with Crippen LogP contribution in [0.15, 0.2) is 16.5 Å². The molecule has 0 saturated carbocycles. The van der Waals surface area contributed by atoms with Crippen LogP contribution in [0.3, 0.4) is 0 Å².